The van der Waals surface area contributed by atoms with E-state index in [1.165, 1.54) is 6.33 Å². The standard InChI is InChI=1S/C8H11N5S/c1-5(9-2)6-3-14-8(12-6)7-10-4-11-13-7/h3-5,9H,1-2H3,(H,10,11,13). The van der Waals surface area contributed by atoms with Crippen molar-refractivity contribution < 1.29 is 0 Å². The third kappa shape index (κ3) is 1.66. The molecule has 0 spiro atoms. The molecule has 2 aromatic heterocycles. The van der Waals surface area contributed by atoms with E-state index in [9.17, 15) is 0 Å². The molecule has 0 bridgehead atoms. The van der Waals surface area contributed by atoms with E-state index in [0.717, 1.165) is 16.5 Å². The first-order valence-electron chi connectivity index (χ1n) is 4.29. The fourth-order valence-electron chi connectivity index (χ4n) is 1.05. The predicted octanol–water partition coefficient (Wildman–Crippen LogP) is 1.21. The molecule has 2 aromatic rings. The van der Waals surface area contributed by atoms with Crippen LogP contribution in [0, 0.1) is 0 Å². The quantitative estimate of drug-likeness (QED) is 0.797. The number of nitrogens with zero attached hydrogens (tertiary/aromatic N) is 3. The summed E-state index contributed by atoms with van der Waals surface area (Å²) >= 11 is 1.57. The Morgan fingerprint density at radius 3 is 3.07 bits per heavy atom. The summed E-state index contributed by atoms with van der Waals surface area (Å²) in [4.78, 5) is 8.49. The van der Waals surface area contributed by atoms with Gasteiger partial charge in [0.1, 0.15) is 6.33 Å². The van der Waals surface area contributed by atoms with Crippen molar-refractivity contribution in [2.24, 2.45) is 0 Å². The fourth-order valence-corrected chi connectivity index (χ4v) is 1.91. The van der Waals surface area contributed by atoms with Crippen molar-refractivity contribution in [3.63, 3.8) is 0 Å². The maximum atomic E-state index is 4.45. The van der Waals surface area contributed by atoms with E-state index in [4.69, 9.17) is 0 Å². The van der Waals surface area contributed by atoms with Crippen molar-refractivity contribution in [2.45, 2.75) is 13.0 Å². The Kier molecular flexibility index (Phi) is 2.55. The molecule has 1 unspecified atom stereocenters. The van der Waals surface area contributed by atoms with Crippen LogP contribution in [0.25, 0.3) is 10.8 Å². The summed E-state index contributed by atoms with van der Waals surface area (Å²) in [6.07, 6.45) is 1.48. The largest absolute Gasteiger partial charge is 0.312 e. The van der Waals surface area contributed by atoms with Gasteiger partial charge in [-0.05, 0) is 14.0 Å². The normalized spacial score (nSPS) is 13.0. The van der Waals surface area contributed by atoms with Gasteiger partial charge in [0.25, 0.3) is 0 Å². The molecule has 0 radical (unpaired) electrons. The van der Waals surface area contributed by atoms with E-state index in [2.05, 4.69) is 32.4 Å². The maximum absolute atomic E-state index is 4.45. The minimum Gasteiger partial charge on any atom is -0.312 e. The van der Waals surface area contributed by atoms with Crippen LogP contribution in [0.15, 0.2) is 11.7 Å². The molecule has 0 saturated heterocycles. The smallest absolute Gasteiger partial charge is 0.184 e. The van der Waals surface area contributed by atoms with Crippen LogP contribution in [0.3, 0.4) is 0 Å². The number of aromatic nitrogens is 4. The third-order valence-corrected chi connectivity index (χ3v) is 2.88. The van der Waals surface area contributed by atoms with Crippen LogP contribution in [-0.2, 0) is 0 Å². The van der Waals surface area contributed by atoms with Crippen LogP contribution in [0.5, 0.6) is 0 Å². The van der Waals surface area contributed by atoms with Crippen LogP contribution < -0.4 is 5.32 Å². The molecule has 0 fully saturated rings. The molecule has 74 valence electrons. The number of nitrogens with one attached hydrogen (secondary N) is 2. The molecule has 0 aliphatic heterocycles. The highest BCUT2D eigenvalue weighted by Gasteiger charge is 2.10. The first-order valence-corrected chi connectivity index (χ1v) is 5.17. The number of hydrogen-bond donors (Lipinski definition) is 2. The maximum Gasteiger partial charge on any atom is 0.184 e. The van der Waals surface area contributed by atoms with E-state index >= 15 is 0 Å². The first kappa shape index (κ1) is 9.29. The summed E-state index contributed by atoms with van der Waals surface area (Å²) in [5, 5.41) is 12.6. The monoisotopic (exact) mass is 209 g/mol. The first-order chi connectivity index (χ1) is 6.81. The van der Waals surface area contributed by atoms with E-state index in [0.29, 0.717) is 0 Å². The molecule has 2 N–H and O–H groups in total. The van der Waals surface area contributed by atoms with Crippen molar-refractivity contribution >= 4 is 11.3 Å². The second kappa shape index (κ2) is 3.85. The molecule has 0 saturated carbocycles. The number of thiazole rings is 1. The zero-order valence-electron chi connectivity index (χ0n) is 7.98. The van der Waals surface area contributed by atoms with Crippen LogP contribution in [0.4, 0.5) is 0 Å². The highest BCUT2D eigenvalue weighted by atomic mass is 32.1. The van der Waals surface area contributed by atoms with Crippen molar-refractivity contribution in [2.75, 3.05) is 7.05 Å². The van der Waals surface area contributed by atoms with Gasteiger partial charge in [-0.15, -0.1) is 11.3 Å². The summed E-state index contributed by atoms with van der Waals surface area (Å²) in [7, 11) is 1.91. The van der Waals surface area contributed by atoms with Crippen molar-refractivity contribution in [3.05, 3.63) is 17.4 Å². The van der Waals surface area contributed by atoms with Gasteiger partial charge in [0.15, 0.2) is 10.8 Å². The lowest BCUT2D eigenvalue weighted by Gasteiger charge is -2.04. The average Bonchev–Trinajstić information content (AvgIpc) is 2.86. The topological polar surface area (TPSA) is 66.5 Å². The second-order valence-electron chi connectivity index (χ2n) is 2.92. The van der Waals surface area contributed by atoms with E-state index < -0.39 is 0 Å². The molecule has 14 heavy (non-hydrogen) atoms. The second-order valence-corrected chi connectivity index (χ2v) is 3.78. The Labute approximate surface area is 85.6 Å². The van der Waals surface area contributed by atoms with Crippen molar-refractivity contribution in [3.8, 4) is 10.8 Å². The van der Waals surface area contributed by atoms with Gasteiger partial charge in [0.2, 0.25) is 0 Å². The van der Waals surface area contributed by atoms with Gasteiger partial charge in [-0.25, -0.2) is 9.97 Å². The summed E-state index contributed by atoms with van der Waals surface area (Å²) in [6.45, 7) is 2.07. The lowest BCUT2D eigenvalue weighted by atomic mass is 10.3. The molecule has 0 aliphatic rings. The zero-order valence-corrected chi connectivity index (χ0v) is 8.80. The summed E-state index contributed by atoms with van der Waals surface area (Å²) < 4.78 is 0. The molecule has 5 nitrogen and oxygen atoms in total. The molecule has 6 heteroatoms. The average molecular weight is 209 g/mol. The molecular weight excluding hydrogens is 198 g/mol. The lowest BCUT2D eigenvalue weighted by Crippen LogP contribution is -2.12. The lowest BCUT2D eigenvalue weighted by molar-refractivity contribution is 0.637. The van der Waals surface area contributed by atoms with Gasteiger partial charge in [-0.1, -0.05) is 0 Å². The molecule has 0 aromatic carbocycles. The fraction of sp³-hybridized carbons (Fsp3) is 0.375. The number of rotatable bonds is 3. The SMILES string of the molecule is CNC(C)c1csc(-c2ncn[nH]2)n1. The molecule has 2 heterocycles. The summed E-state index contributed by atoms with van der Waals surface area (Å²) in [6, 6.07) is 0.267. The van der Waals surface area contributed by atoms with E-state index in [1.807, 2.05) is 12.4 Å². The van der Waals surface area contributed by atoms with Crippen LogP contribution >= 0.6 is 11.3 Å². The van der Waals surface area contributed by atoms with Crippen LogP contribution in [0.1, 0.15) is 18.7 Å². The van der Waals surface area contributed by atoms with Crippen LogP contribution in [0.2, 0.25) is 0 Å². The van der Waals surface area contributed by atoms with Gasteiger partial charge in [0.05, 0.1) is 5.69 Å². The van der Waals surface area contributed by atoms with E-state index in [1.54, 1.807) is 11.3 Å². The molecule has 0 aliphatic carbocycles. The summed E-state index contributed by atoms with van der Waals surface area (Å²) in [5.74, 6) is 0.726. The van der Waals surface area contributed by atoms with Crippen molar-refractivity contribution in [1.82, 2.24) is 25.5 Å². The Balaban J connectivity index is 2.26. The van der Waals surface area contributed by atoms with Gasteiger partial charge in [0, 0.05) is 11.4 Å². The van der Waals surface area contributed by atoms with Gasteiger partial charge in [-0.3, -0.25) is 5.10 Å². The Bertz CT molecular complexity index is 394. The Morgan fingerprint density at radius 2 is 2.43 bits per heavy atom. The highest BCUT2D eigenvalue weighted by molar-refractivity contribution is 7.13. The highest BCUT2D eigenvalue weighted by Crippen LogP contribution is 2.22. The number of hydrogen-bond acceptors (Lipinski definition) is 5. The molecular formula is C8H11N5S. The Morgan fingerprint density at radius 1 is 1.57 bits per heavy atom. The van der Waals surface area contributed by atoms with Gasteiger partial charge >= 0.3 is 0 Å². The minimum absolute atomic E-state index is 0.267. The van der Waals surface area contributed by atoms with Gasteiger partial charge < -0.3 is 5.32 Å². The molecule has 1 atom stereocenters. The summed E-state index contributed by atoms with van der Waals surface area (Å²) in [5.41, 5.74) is 1.03. The van der Waals surface area contributed by atoms with Crippen molar-refractivity contribution in [1.29, 1.82) is 0 Å². The number of H-pyrrole nitrogens is 1. The predicted molar refractivity (Wildman–Crippen MR) is 55.0 cm³/mol. The molecule has 2 rings (SSSR count). The number of aromatic amines is 1. The van der Waals surface area contributed by atoms with Crippen LogP contribution in [-0.4, -0.2) is 27.2 Å². The Hall–Kier alpha value is -1.27. The third-order valence-electron chi connectivity index (χ3n) is 2.02. The van der Waals surface area contributed by atoms with E-state index in [-0.39, 0.29) is 6.04 Å². The zero-order chi connectivity index (χ0) is 9.97. The molecule has 0 amide bonds. The van der Waals surface area contributed by atoms with Gasteiger partial charge in [-0.2, -0.15) is 5.10 Å². The minimum atomic E-state index is 0.267.